The SMILES string of the molecule is O=C(CCN(C[C@@H]1CCCO1)C(=O)c1cnccn1)N[C@H]1CCCCNC1=O. The number of rotatable bonds is 7. The fourth-order valence-corrected chi connectivity index (χ4v) is 3.46. The number of carbonyl (C=O) groups excluding carboxylic acids is 3. The van der Waals surface area contributed by atoms with Gasteiger partial charge in [-0.2, -0.15) is 0 Å². The van der Waals surface area contributed by atoms with Gasteiger partial charge in [0.05, 0.1) is 12.3 Å². The Hall–Kier alpha value is -2.55. The summed E-state index contributed by atoms with van der Waals surface area (Å²) >= 11 is 0. The van der Waals surface area contributed by atoms with E-state index in [9.17, 15) is 14.4 Å². The molecule has 152 valence electrons. The summed E-state index contributed by atoms with van der Waals surface area (Å²) in [6, 6.07) is -0.502. The number of aromatic nitrogens is 2. The lowest BCUT2D eigenvalue weighted by Crippen LogP contribution is -2.46. The zero-order chi connectivity index (χ0) is 19.8. The number of hydrogen-bond acceptors (Lipinski definition) is 6. The van der Waals surface area contributed by atoms with Gasteiger partial charge in [-0.15, -0.1) is 0 Å². The summed E-state index contributed by atoms with van der Waals surface area (Å²) < 4.78 is 5.64. The van der Waals surface area contributed by atoms with E-state index in [0.717, 1.165) is 25.7 Å². The van der Waals surface area contributed by atoms with Gasteiger partial charge in [-0.1, -0.05) is 0 Å². The van der Waals surface area contributed by atoms with Crippen molar-refractivity contribution in [1.29, 1.82) is 0 Å². The van der Waals surface area contributed by atoms with E-state index in [1.54, 1.807) is 4.90 Å². The number of ether oxygens (including phenoxy) is 1. The molecular weight excluding hydrogens is 362 g/mol. The van der Waals surface area contributed by atoms with Gasteiger partial charge < -0.3 is 20.3 Å². The van der Waals surface area contributed by atoms with Crippen molar-refractivity contribution in [3.8, 4) is 0 Å². The van der Waals surface area contributed by atoms with Crippen molar-refractivity contribution in [3.05, 3.63) is 24.3 Å². The third-order valence-corrected chi connectivity index (χ3v) is 5.00. The minimum Gasteiger partial charge on any atom is -0.376 e. The van der Waals surface area contributed by atoms with Crippen LogP contribution in [0.3, 0.4) is 0 Å². The zero-order valence-electron chi connectivity index (χ0n) is 15.9. The Morgan fingerprint density at radius 1 is 1.25 bits per heavy atom. The molecule has 2 atom stereocenters. The summed E-state index contributed by atoms with van der Waals surface area (Å²) in [4.78, 5) is 46.8. The lowest BCUT2D eigenvalue weighted by atomic mass is 10.1. The van der Waals surface area contributed by atoms with Gasteiger partial charge in [0.15, 0.2) is 0 Å². The Kier molecular flexibility index (Phi) is 7.30. The number of nitrogens with zero attached hydrogens (tertiary/aromatic N) is 3. The van der Waals surface area contributed by atoms with Crippen molar-refractivity contribution in [2.75, 3.05) is 26.2 Å². The van der Waals surface area contributed by atoms with Crippen LogP contribution >= 0.6 is 0 Å². The highest BCUT2D eigenvalue weighted by Gasteiger charge is 2.26. The second-order valence-corrected chi connectivity index (χ2v) is 7.13. The summed E-state index contributed by atoms with van der Waals surface area (Å²) in [6.45, 7) is 1.98. The summed E-state index contributed by atoms with van der Waals surface area (Å²) in [7, 11) is 0. The maximum Gasteiger partial charge on any atom is 0.274 e. The van der Waals surface area contributed by atoms with E-state index in [2.05, 4.69) is 20.6 Å². The monoisotopic (exact) mass is 389 g/mol. The Bertz CT molecular complexity index is 678. The topological polar surface area (TPSA) is 114 Å². The molecule has 1 aromatic rings. The number of hydrogen-bond donors (Lipinski definition) is 2. The molecule has 0 spiro atoms. The van der Waals surface area contributed by atoms with Crippen molar-refractivity contribution < 1.29 is 19.1 Å². The standard InChI is InChI=1S/C19H27N5O4/c25-17(23-15-5-1-2-7-22-18(15)26)6-10-24(13-14-4-3-11-28-14)19(27)16-12-20-8-9-21-16/h8-9,12,14-15H,1-7,10-11,13H2,(H,22,26)(H,23,25)/t14-,15-/m0/s1. The normalized spacial score (nSPS) is 22.2. The lowest BCUT2D eigenvalue weighted by molar-refractivity contribution is -0.129. The smallest absolute Gasteiger partial charge is 0.274 e. The van der Waals surface area contributed by atoms with E-state index in [-0.39, 0.29) is 42.5 Å². The molecule has 28 heavy (non-hydrogen) atoms. The molecule has 3 heterocycles. The van der Waals surface area contributed by atoms with E-state index in [1.165, 1.54) is 18.6 Å². The van der Waals surface area contributed by atoms with Crippen LogP contribution in [0.1, 0.15) is 49.0 Å². The van der Waals surface area contributed by atoms with Crippen molar-refractivity contribution >= 4 is 17.7 Å². The number of amides is 3. The van der Waals surface area contributed by atoms with Crippen LogP contribution in [0.2, 0.25) is 0 Å². The molecule has 3 rings (SSSR count). The van der Waals surface area contributed by atoms with Crippen LogP contribution in [0.4, 0.5) is 0 Å². The van der Waals surface area contributed by atoms with Gasteiger partial charge in [0, 0.05) is 45.1 Å². The molecule has 0 radical (unpaired) electrons. The molecule has 2 aliphatic rings. The van der Waals surface area contributed by atoms with Crippen molar-refractivity contribution in [3.63, 3.8) is 0 Å². The predicted octanol–water partition coefficient (Wildman–Crippen LogP) is 0.273. The molecule has 0 saturated carbocycles. The van der Waals surface area contributed by atoms with Crippen molar-refractivity contribution in [2.45, 2.75) is 50.7 Å². The molecule has 9 heteroatoms. The zero-order valence-corrected chi connectivity index (χ0v) is 15.9. The molecular formula is C19H27N5O4. The molecule has 0 aliphatic carbocycles. The molecule has 2 saturated heterocycles. The average Bonchev–Trinajstić information content (AvgIpc) is 3.15. The van der Waals surface area contributed by atoms with Gasteiger partial charge in [0.25, 0.3) is 5.91 Å². The minimum atomic E-state index is -0.502. The molecule has 2 fully saturated rings. The summed E-state index contributed by atoms with van der Waals surface area (Å²) in [6.07, 6.45) is 8.77. The third-order valence-electron chi connectivity index (χ3n) is 5.00. The third kappa shape index (κ3) is 5.72. The van der Waals surface area contributed by atoms with Gasteiger partial charge in [0.1, 0.15) is 11.7 Å². The summed E-state index contributed by atoms with van der Waals surface area (Å²) in [5, 5.41) is 5.59. The van der Waals surface area contributed by atoms with E-state index in [4.69, 9.17) is 4.74 Å². The molecule has 2 aliphatic heterocycles. The fraction of sp³-hybridized carbons (Fsp3) is 0.632. The van der Waals surface area contributed by atoms with Crippen LogP contribution in [0, 0.1) is 0 Å². The largest absolute Gasteiger partial charge is 0.376 e. The lowest BCUT2D eigenvalue weighted by Gasteiger charge is -2.25. The first-order valence-corrected chi connectivity index (χ1v) is 9.87. The Morgan fingerprint density at radius 2 is 2.14 bits per heavy atom. The number of nitrogens with one attached hydrogen (secondary N) is 2. The first-order chi connectivity index (χ1) is 13.6. The van der Waals surface area contributed by atoms with E-state index in [1.807, 2.05) is 0 Å². The Balaban J connectivity index is 1.57. The maximum atomic E-state index is 12.8. The summed E-state index contributed by atoms with van der Waals surface area (Å²) in [5.41, 5.74) is 0.240. The molecule has 1 aromatic heterocycles. The number of carbonyl (C=O) groups is 3. The van der Waals surface area contributed by atoms with E-state index >= 15 is 0 Å². The molecule has 9 nitrogen and oxygen atoms in total. The summed E-state index contributed by atoms with van der Waals surface area (Å²) in [5.74, 6) is -0.660. The van der Waals surface area contributed by atoms with Gasteiger partial charge in [-0.25, -0.2) is 4.98 Å². The van der Waals surface area contributed by atoms with Crippen molar-refractivity contribution in [1.82, 2.24) is 25.5 Å². The average molecular weight is 389 g/mol. The molecule has 3 amide bonds. The van der Waals surface area contributed by atoms with Gasteiger partial charge in [-0.05, 0) is 32.1 Å². The Morgan fingerprint density at radius 3 is 2.89 bits per heavy atom. The Labute approximate surface area is 164 Å². The molecule has 2 N–H and O–H groups in total. The first-order valence-electron chi connectivity index (χ1n) is 9.87. The highest BCUT2D eigenvalue weighted by molar-refractivity contribution is 5.92. The molecule has 0 aromatic carbocycles. The van der Waals surface area contributed by atoms with Crippen LogP contribution in [-0.4, -0.2) is 71.0 Å². The van der Waals surface area contributed by atoms with Gasteiger partial charge in [-0.3, -0.25) is 19.4 Å². The van der Waals surface area contributed by atoms with Crippen LogP contribution < -0.4 is 10.6 Å². The second kappa shape index (κ2) is 10.1. The van der Waals surface area contributed by atoms with Crippen LogP contribution in [0.25, 0.3) is 0 Å². The van der Waals surface area contributed by atoms with E-state index in [0.29, 0.717) is 26.1 Å². The maximum absolute atomic E-state index is 12.8. The quantitative estimate of drug-likeness (QED) is 0.692. The molecule has 0 unspecified atom stereocenters. The first kappa shape index (κ1) is 20.2. The fourth-order valence-electron chi connectivity index (χ4n) is 3.46. The highest BCUT2D eigenvalue weighted by atomic mass is 16.5. The predicted molar refractivity (Wildman–Crippen MR) is 100 cm³/mol. The molecule has 0 bridgehead atoms. The van der Waals surface area contributed by atoms with Gasteiger partial charge >= 0.3 is 0 Å². The van der Waals surface area contributed by atoms with E-state index < -0.39 is 6.04 Å². The highest BCUT2D eigenvalue weighted by Crippen LogP contribution is 2.15. The van der Waals surface area contributed by atoms with Crippen molar-refractivity contribution in [2.24, 2.45) is 0 Å². The van der Waals surface area contributed by atoms with Gasteiger partial charge in [0.2, 0.25) is 11.8 Å². The second-order valence-electron chi connectivity index (χ2n) is 7.13. The van der Waals surface area contributed by atoms with Crippen LogP contribution in [0.5, 0.6) is 0 Å². The van der Waals surface area contributed by atoms with Crippen LogP contribution in [0.15, 0.2) is 18.6 Å². The minimum absolute atomic E-state index is 0.0312. The van der Waals surface area contributed by atoms with Crippen LogP contribution in [-0.2, 0) is 14.3 Å².